The summed E-state index contributed by atoms with van der Waals surface area (Å²) in [7, 11) is 1.90. The molecule has 4 nitrogen and oxygen atoms in total. The van der Waals surface area contributed by atoms with E-state index in [2.05, 4.69) is 10.4 Å². The highest BCUT2D eigenvalue weighted by molar-refractivity contribution is 5.98. The molecule has 1 aromatic heterocycles. The lowest BCUT2D eigenvalue weighted by Crippen LogP contribution is -2.24. The van der Waals surface area contributed by atoms with E-state index < -0.39 is 0 Å². The number of hydrogen-bond donors (Lipinski definition) is 1. The van der Waals surface area contributed by atoms with E-state index in [4.69, 9.17) is 0 Å². The molecule has 0 saturated carbocycles. The summed E-state index contributed by atoms with van der Waals surface area (Å²) in [5.41, 5.74) is 4.29. The fraction of sp³-hybridized carbons (Fsp3) is 0.238. The van der Waals surface area contributed by atoms with Gasteiger partial charge >= 0.3 is 0 Å². The molecule has 0 fully saturated rings. The minimum Gasteiger partial charge on any atom is -0.310 e. The molecule has 0 radical (unpaired) electrons. The molecule has 3 aromatic rings. The molecule has 0 aliphatic heterocycles. The zero-order valence-corrected chi connectivity index (χ0v) is 14.3. The van der Waals surface area contributed by atoms with Crippen molar-refractivity contribution in [1.29, 1.82) is 0 Å². The highest BCUT2D eigenvalue weighted by Crippen LogP contribution is 2.31. The van der Waals surface area contributed by atoms with Crippen molar-refractivity contribution in [2.45, 2.75) is 25.2 Å². The Kier molecular flexibility index (Phi) is 4.10. The zero-order chi connectivity index (χ0) is 17.2. The van der Waals surface area contributed by atoms with Gasteiger partial charge in [-0.15, -0.1) is 0 Å². The van der Waals surface area contributed by atoms with Crippen LogP contribution in [0.2, 0.25) is 0 Å². The smallest absolute Gasteiger partial charge is 0.237 e. The fourth-order valence-corrected chi connectivity index (χ4v) is 3.65. The molecule has 0 atom stereocenters. The Balaban J connectivity index is 1.70. The van der Waals surface area contributed by atoms with Crippen LogP contribution in [0.4, 0.5) is 5.82 Å². The van der Waals surface area contributed by atoms with E-state index in [1.807, 2.05) is 67.7 Å². The van der Waals surface area contributed by atoms with Crippen LogP contribution >= 0.6 is 0 Å². The largest absolute Gasteiger partial charge is 0.310 e. The molecule has 1 amide bonds. The molecule has 1 aliphatic carbocycles. The number of hydrogen-bond acceptors (Lipinski definition) is 2. The van der Waals surface area contributed by atoms with Crippen molar-refractivity contribution in [1.82, 2.24) is 9.78 Å². The molecule has 1 aliphatic rings. The van der Waals surface area contributed by atoms with Crippen molar-refractivity contribution >= 4 is 11.7 Å². The van der Waals surface area contributed by atoms with Gasteiger partial charge in [0.1, 0.15) is 5.82 Å². The molecule has 0 bridgehead atoms. The standard InChI is InChI=1S/C21H21N3O/c1-24-20(17-13-8-14-18(17)23-24)22-21(25)19(15-9-4-2-5-10-15)16-11-6-3-7-12-16/h2-7,9-12,19H,8,13-14H2,1H3,(H,22,25). The quantitative estimate of drug-likeness (QED) is 0.793. The fourth-order valence-electron chi connectivity index (χ4n) is 3.65. The number of anilines is 1. The van der Waals surface area contributed by atoms with E-state index in [1.165, 1.54) is 5.56 Å². The zero-order valence-electron chi connectivity index (χ0n) is 14.3. The first-order valence-corrected chi connectivity index (χ1v) is 8.69. The van der Waals surface area contributed by atoms with Crippen LogP contribution in [0.15, 0.2) is 60.7 Å². The molecule has 4 rings (SSSR count). The van der Waals surface area contributed by atoms with Crippen molar-refractivity contribution < 1.29 is 4.79 Å². The molecule has 0 spiro atoms. The second kappa shape index (κ2) is 6.55. The van der Waals surface area contributed by atoms with Crippen LogP contribution in [0.1, 0.15) is 34.7 Å². The maximum atomic E-state index is 13.2. The number of nitrogens with zero attached hydrogens (tertiary/aromatic N) is 2. The Labute approximate surface area is 147 Å². The van der Waals surface area contributed by atoms with Gasteiger partial charge in [0.25, 0.3) is 0 Å². The van der Waals surface area contributed by atoms with E-state index in [1.54, 1.807) is 4.68 Å². The number of aryl methyl sites for hydroxylation is 2. The van der Waals surface area contributed by atoms with Crippen molar-refractivity contribution in [2.75, 3.05) is 5.32 Å². The van der Waals surface area contributed by atoms with Gasteiger partial charge in [-0.1, -0.05) is 60.7 Å². The average molecular weight is 331 g/mol. The summed E-state index contributed by atoms with van der Waals surface area (Å²) in [6.07, 6.45) is 3.10. The molecule has 4 heteroatoms. The van der Waals surface area contributed by atoms with Crippen LogP contribution in [-0.2, 0) is 24.7 Å². The molecular formula is C21H21N3O. The maximum Gasteiger partial charge on any atom is 0.237 e. The molecule has 126 valence electrons. The number of fused-ring (bicyclic) bond motifs is 1. The van der Waals surface area contributed by atoms with Crippen LogP contribution < -0.4 is 5.32 Å². The van der Waals surface area contributed by atoms with Crippen LogP contribution in [0, 0.1) is 0 Å². The van der Waals surface area contributed by atoms with Crippen molar-refractivity contribution in [2.24, 2.45) is 7.05 Å². The molecule has 1 N–H and O–H groups in total. The Hall–Kier alpha value is -2.88. The number of nitrogens with one attached hydrogen (secondary N) is 1. The number of benzene rings is 2. The van der Waals surface area contributed by atoms with Gasteiger partial charge in [0.15, 0.2) is 0 Å². The van der Waals surface area contributed by atoms with Gasteiger partial charge in [-0.05, 0) is 30.4 Å². The van der Waals surface area contributed by atoms with Gasteiger partial charge in [0.05, 0.1) is 11.6 Å². The second-order valence-corrected chi connectivity index (χ2v) is 6.49. The topological polar surface area (TPSA) is 46.9 Å². The first-order valence-electron chi connectivity index (χ1n) is 8.69. The second-order valence-electron chi connectivity index (χ2n) is 6.49. The van der Waals surface area contributed by atoms with Crippen LogP contribution in [-0.4, -0.2) is 15.7 Å². The highest BCUT2D eigenvalue weighted by atomic mass is 16.2. The Bertz CT molecular complexity index is 845. The van der Waals surface area contributed by atoms with Crippen molar-refractivity contribution in [3.63, 3.8) is 0 Å². The first-order chi connectivity index (χ1) is 12.2. The third kappa shape index (κ3) is 2.95. The van der Waals surface area contributed by atoms with Crippen LogP contribution in [0.3, 0.4) is 0 Å². The number of amides is 1. The summed E-state index contributed by atoms with van der Waals surface area (Å²) < 4.78 is 1.80. The van der Waals surface area contributed by atoms with Crippen LogP contribution in [0.25, 0.3) is 0 Å². The number of carbonyl (C=O) groups is 1. The first kappa shape index (κ1) is 15.6. The lowest BCUT2D eigenvalue weighted by Gasteiger charge is -2.18. The van der Waals surface area contributed by atoms with Gasteiger partial charge < -0.3 is 5.32 Å². The Morgan fingerprint density at radius 3 is 2.20 bits per heavy atom. The Morgan fingerprint density at radius 1 is 1.00 bits per heavy atom. The number of rotatable bonds is 4. The van der Waals surface area contributed by atoms with Gasteiger partial charge in [0, 0.05) is 12.6 Å². The molecular weight excluding hydrogens is 310 g/mol. The van der Waals surface area contributed by atoms with Gasteiger partial charge in [0.2, 0.25) is 5.91 Å². The summed E-state index contributed by atoms with van der Waals surface area (Å²) in [6.45, 7) is 0. The van der Waals surface area contributed by atoms with Crippen LogP contribution in [0.5, 0.6) is 0 Å². The monoisotopic (exact) mass is 331 g/mol. The maximum absolute atomic E-state index is 13.2. The predicted molar refractivity (Wildman–Crippen MR) is 98.6 cm³/mol. The van der Waals surface area contributed by atoms with Crippen molar-refractivity contribution in [3.05, 3.63) is 83.0 Å². The molecule has 25 heavy (non-hydrogen) atoms. The molecule has 0 unspecified atom stereocenters. The third-order valence-corrected chi connectivity index (χ3v) is 4.84. The summed E-state index contributed by atoms with van der Waals surface area (Å²) in [6, 6.07) is 19.8. The van der Waals surface area contributed by atoms with E-state index in [9.17, 15) is 4.79 Å². The lowest BCUT2D eigenvalue weighted by atomic mass is 9.90. The number of aromatic nitrogens is 2. The third-order valence-electron chi connectivity index (χ3n) is 4.84. The van der Waals surface area contributed by atoms with E-state index in [0.29, 0.717) is 0 Å². The van der Waals surface area contributed by atoms with E-state index in [-0.39, 0.29) is 11.8 Å². The Morgan fingerprint density at radius 2 is 1.60 bits per heavy atom. The summed E-state index contributed by atoms with van der Waals surface area (Å²) in [4.78, 5) is 13.2. The van der Waals surface area contributed by atoms with Gasteiger partial charge in [-0.3, -0.25) is 9.48 Å². The lowest BCUT2D eigenvalue weighted by molar-refractivity contribution is -0.116. The molecule has 0 saturated heterocycles. The summed E-state index contributed by atoms with van der Waals surface area (Å²) >= 11 is 0. The molecule has 1 heterocycles. The average Bonchev–Trinajstić information content (AvgIpc) is 3.20. The SMILES string of the molecule is Cn1nc2c(c1NC(=O)C(c1ccccc1)c1ccccc1)CCC2. The van der Waals surface area contributed by atoms with Gasteiger partial charge in [-0.2, -0.15) is 5.10 Å². The highest BCUT2D eigenvalue weighted by Gasteiger charge is 2.27. The summed E-state index contributed by atoms with van der Waals surface area (Å²) in [5, 5.41) is 7.70. The van der Waals surface area contributed by atoms with E-state index in [0.717, 1.165) is 41.9 Å². The van der Waals surface area contributed by atoms with Gasteiger partial charge in [-0.25, -0.2) is 0 Å². The van der Waals surface area contributed by atoms with E-state index >= 15 is 0 Å². The van der Waals surface area contributed by atoms with Crippen molar-refractivity contribution in [3.8, 4) is 0 Å². The minimum atomic E-state index is -0.339. The predicted octanol–water partition coefficient (Wildman–Crippen LogP) is 3.68. The summed E-state index contributed by atoms with van der Waals surface area (Å²) in [5.74, 6) is 0.485. The minimum absolute atomic E-state index is 0.0184. The number of carbonyl (C=O) groups excluding carboxylic acids is 1. The molecule has 2 aromatic carbocycles. The normalized spacial score (nSPS) is 13.0.